The van der Waals surface area contributed by atoms with E-state index in [1.807, 2.05) is 6.92 Å². The normalized spacial score (nSPS) is 12.7. The van der Waals surface area contributed by atoms with E-state index in [-0.39, 0.29) is 43.2 Å². The molecule has 0 radical (unpaired) electrons. The number of imide groups is 1. The summed E-state index contributed by atoms with van der Waals surface area (Å²) in [7, 11) is 1.51. The van der Waals surface area contributed by atoms with Crippen LogP contribution in [0.2, 0.25) is 0 Å². The zero-order valence-electron chi connectivity index (χ0n) is 21.5. The maximum atomic E-state index is 12.0. The second-order valence-corrected chi connectivity index (χ2v) is 7.44. The van der Waals surface area contributed by atoms with Crippen LogP contribution in [0.4, 0.5) is 9.59 Å². The van der Waals surface area contributed by atoms with Gasteiger partial charge in [0.25, 0.3) is 11.8 Å². The number of rotatable bonds is 14. The van der Waals surface area contributed by atoms with Gasteiger partial charge in [-0.3, -0.25) is 24.1 Å². The van der Waals surface area contributed by atoms with E-state index < -0.39 is 18.2 Å². The van der Waals surface area contributed by atoms with Gasteiger partial charge in [0.05, 0.1) is 13.2 Å². The minimum atomic E-state index is -0.636. The molecule has 36 heavy (non-hydrogen) atoms. The maximum absolute atomic E-state index is 12.0. The number of carbonyl (C=O) groups is 6. The molecule has 0 fully saturated rings. The average molecular weight is 514 g/mol. The van der Waals surface area contributed by atoms with Crippen molar-refractivity contribution in [3.05, 3.63) is 12.2 Å². The Labute approximate surface area is 211 Å². The highest BCUT2D eigenvalue weighted by atomic mass is 16.6. The van der Waals surface area contributed by atoms with Crippen LogP contribution in [0.3, 0.4) is 0 Å². The maximum Gasteiger partial charge on any atom is 0.407 e. The highest BCUT2D eigenvalue weighted by molar-refractivity contribution is 6.13. The summed E-state index contributed by atoms with van der Waals surface area (Å²) in [5, 5.41) is 10.3. The van der Waals surface area contributed by atoms with Crippen LogP contribution in [0.5, 0.6) is 0 Å². The minimum absolute atomic E-state index is 0.143. The fourth-order valence-corrected chi connectivity index (χ4v) is 2.79. The summed E-state index contributed by atoms with van der Waals surface area (Å²) in [6, 6.07) is -0.636. The molecular weight excluding hydrogens is 474 g/mol. The van der Waals surface area contributed by atoms with Crippen LogP contribution >= 0.6 is 0 Å². The molecule has 4 N–H and O–H groups in total. The third kappa shape index (κ3) is 14.6. The molecule has 1 rings (SSSR count). The molecule has 0 spiro atoms. The van der Waals surface area contributed by atoms with Crippen LogP contribution in [-0.4, -0.2) is 86.7 Å². The first-order valence-electron chi connectivity index (χ1n) is 12.1. The lowest BCUT2D eigenvalue weighted by Crippen LogP contribution is -2.47. The van der Waals surface area contributed by atoms with E-state index in [0.717, 1.165) is 11.3 Å². The monoisotopic (exact) mass is 513 g/mol. The van der Waals surface area contributed by atoms with E-state index in [9.17, 15) is 28.8 Å². The van der Waals surface area contributed by atoms with Gasteiger partial charge in [0.1, 0.15) is 6.04 Å². The van der Waals surface area contributed by atoms with Gasteiger partial charge in [-0.2, -0.15) is 0 Å². The van der Waals surface area contributed by atoms with E-state index >= 15 is 0 Å². The fraction of sp³-hybridized carbons (Fsp3) is 0.652. The molecular formula is C23H39N5O8. The SMILES string of the molecule is CCCNC(=O)C(CCCCNC(=O)OCC)NC(=O)OCC.CNC(=O)CCN1C(=O)C=CC1=O. The molecule has 13 heteroatoms. The van der Waals surface area contributed by atoms with Crippen molar-refractivity contribution in [1.82, 2.24) is 26.2 Å². The van der Waals surface area contributed by atoms with Crippen LogP contribution in [0.25, 0.3) is 0 Å². The predicted octanol–water partition coefficient (Wildman–Crippen LogP) is 0.591. The zero-order chi connectivity index (χ0) is 27.3. The molecule has 0 aromatic heterocycles. The number of hydrogen-bond donors (Lipinski definition) is 4. The second kappa shape index (κ2) is 19.6. The molecule has 0 aromatic rings. The highest BCUT2D eigenvalue weighted by Gasteiger charge is 2.23. The summed E-state index contributed by atoms with van der Waals surface area (Å²) >= 11 is 0. The van der Waals surface area contributed by atoms with Gasteiger partial charge in [-0.05, 0) is 39.5 Å². The molecule has 1 heterocycles. The predicted molar refractivity (Wildman–Crippen MR) is 131 cm³/mol. The van der Waals surface area contributed by atoms with E-state index in [1.165, 1.54) is 19.2 Å². The Morgan fingerprint density at radius 3 is 2.06 bits per heavy atom. The van der Waals surface area contributed by atoms with Crippen LogP contribution in [0.15, 0.2) is 12.2 Å². The standard InChI is InChI=1S/C15H29N3O5.C8H10N2O3/c1-4-10-16-13(19)12(18-15(21)23-6-3)9-7-8-11-17-14(20)22-5-2;1-9-6(11)4-5-10-7(12)2-3-8(10)13/h12H,4-11H2,1-3H3,(H,16,19)(H,17,20)(H,18,21);2-3H,4-5H2,1H3,(H,9,11). The van der Waals surface area contributed by atoms with Crippen molar-refractivity contribution in [2.75, 3.05) is 39.9 Å². The molecule has 6 amide bonds. The third-order valence-corrected chi connectivity index (χ3v) is 4.64. The van der Waals surface area contributed by atoms with E-state index in [0.29, 0.717) is 39.0 Å². The Bertz CT molecular complexity index is 754. The first kappa shape index (κ1) is 32.4. The molecule has 0 aromatic carbocycles. The van der Waals surface area contributed by atoms with Crippen molar-refractivity contribution < 1.29 is 38.2 Å². The van der Waals surface area contributed by atoms with Gasteiger partial charge in [-0.15, -0.1) is 0 Å². The molecule has 13 nitrogen and oxygen atoms in total. The quantitative estimate of drug-likeness (QED) is 0.193. The van der Waals surface area contributed by atoms with Crippen molar-refractivity contribution >= 4 is 35.8 Å². The first-order valence-corrected chi connectivity index (χ1v) is 12.1. The van der Waals surface area contributed by atoms with Gasteiger partial charge in [0.2, 0.25) is 11.8 Å². The molecule has 0 bridgehead atoms. The van der Waals surface area contributed by atoms with Gasteiger partial charge in [-0.1, -0.05) is 6.92 Å². The summed E-state index contributed by atoms with van der Waals surface area (Å²) in [6.45, 7) is 7.13. The summed E-state index contributed by atoms with van der Waals surface area (Å²) < 4.78 is 9.55. The number of ether oxygens (including phenoxy) is 2. The third-order valence-electron chi connectivity index (χ3n) is 4.64. The molecule has 1 aliphatic heterocycles. The Balaban J connectivity index is 0.000000790. The molecule has 204 valence electrons. The summed E-state index contributed by atoms with van der Waals surface area (Å²) in [4.78, 5) is 68.4. The van der Waals surface area contributed by atoms with Gasteiger partial charge in [0, 0.05) is 45.3 Å². The van der Waals surface area contributed by atoms with Gasteiger partial charge < -0.3 is 30.7 Å². The molecule has 0 aliphatic carbocycles. The highest BCUT2D eigenvalue weighted by Crippen LogP contribution is 2.04. The van der Waals surface area contributed by atoms with Crippen molar-refractivity contribution in [2.24, 2.45) is 0 Å². The summed E-state index contributed by atoms with van der Waals surface area (Å²) in [6.07, 6.45) is 4.14. The van der Waals surface area contributed by atoms with E-state index in [4.69, 9.17) is 9.47 Å². The van der Waals surface area contributed by atoms with Crippen LogP contribution in [0.1, 0.15) is 52.9 Å². The van der Waals surface area contributed by atoms with Crippen LogP contribution in [0, 0.1) is 0 Å². The second-order valence-electron chi connectivity index (χ2n) is 7.44. The topological polar surface area (TPSA) is 172 Å². The Hall–Kier alpha value is -3.64. The lowest BCUT2D eigenvalue weighted by molar-refractivity contribution is -0.137. The average Bonchev–Trinajstić information content (AvgIpc) is 3.17. The lowest BCUT2D eigenvalue weighted by Gasteiger charge is -2.18. The number of alkyl carbamates (subject to hydrolysis) is 2. The van der Waals surface area contributed by atoms with Crippen molar-refractivity contribution in [1.29, 1.82) is 0 Å². The molecule has 0 saturated heterocycles. The van der Waals surface area contributed by atoms with E-state index in [1.54, 1.807) is 13.8 Å². The number of carbonyl (C=O) groups excluding carboxylic acids is 6. The largest absolute Gasteiger partial charge is 0.450 e. The molecule has 1 atom stereocenters. The van der Waals surface area contributed by atoms with Gasteiger partial charge in [-0.25, -0.2) is 9.59 Å². The van der Waals surface area contributed by atoms with Crippen molar-refractivity contribution in [3.63, 3.8) is 0 Å². The van der Waals surface area contributed by atoms with Gasteiger partial charge >= 0.3 is 12.2 Å². The number of nitrogens with zero attached hydrogens (tertiary/aromatic N) is 1. The number of amides is 6. The smallest absolute Gasteiger partial charge is 0.407 e. The van der Waals surface area contributed by atoms with Gasteiger partial charge in [0.15, 0.2) is 0 Å². The number of unbranched alkanes of at least 4 members (excludes halogenated alkanes) is 1. The minimum Gasteiger partial charge on any atom is -0.450 e. The van der Waals surface area contributed by atoms with Crippen molar-refractivity contribution in [2.45, 2.75) is 58.9 Å². The number of nitrogens with one attached hydrogen (secondary N) is 4. The van der Waals surface area contributed by atoms with Crippen LogP contribution in [-0.2, 0) is 28.7 Å². The first-order chi connectivity index (χ1) is 17.2. The fourth-order valence-electron chi connectivity index (χ4n) is 2.79. The number of hydrogen-bond acceptors (Lipinski definition) is 8. The Morgan fingerprint density at radius 2 is 1.50 bits per heavy atom. The summed E-state index contributed by atoms with van der Waals surface area (Å²) in [5.74, 6) is -1.12. The summed E-state index contributed by atoms with van der Waals surface area (Å²) in [5.41, 5.74) is 0. The lowest BCUT2D eigenvalue weighted by atomic mass is 10.1. The molecule has 1 aliphatic rings. The van der Waals surface area contributed by atoms with Crippen molar-refractivity contribution in [3.8, 4) is 0 Å². The zero-order valence-corrected chi connectivity index (χ0v) is 21.5. The Kier molecular flexibility index (Phi) is 17.7. The van der Waals surface area contributed by atoms with E-state index in [2.05, 4.69) is 21.3 Å². The Morgan fingerprint density at radius 1 is 0.889 bits per heavy atom. The van der Waals surface area contributed by atoms with Crippen LogP contribution < -0.4 is 21.3 Å². The molecule has 1 unspecified atom stereocenters. The molecule has 0 saturated carbocycles.